The number of hydrogen-bond acceptors (Lipinski definition) is 6. The maximum absolute atomic E-state index is 12.8. The monoisotopic (exact) mass is 358 g/mol. The Morgan fingerprint density at radius 1 is 1.32 bits per heavy atom. The quantitative estimate of drug-likeness (QED) is 0.345. The average Bonchev–Trinajstić information content (AvgIpc) is 2.53. The van der Waals surface area contributed by atoms with Crippen molar-refractivity contribution in [2.45, 2.75) is 6.18 Å². The lowest BCUT2D eigenvalue weighted by molar-refractivity contribution is -0.137. The molecule has 0 aliphatic carbocycles. The molecular formula is C14H13F3N4O4. The van der Waals surface area contributed by atoms with Crippen molar-refractivity contribution in [2.75, 3.05) is 13.2 Å². The number of hydrogen-bond donors (Lipinski definition) is 4. The molecule has 8 nitrogen and oxygen atoms in total. The zero-order valence-corrected chi connectivity index (χ0v) is 12.5. The van der Waals surface area contributed by atoms with Crippen molar-refractivity contribution in [1.82, 2.24) is 15.0 Å². The van der Waals surface area contributed by atoms with Gasteiger partial charge in [0, 0.05) is 0 Å². The number of benzene rings is 1. The molecule has 2 rings (SSSR count). The van der Waals surface area contributed by atoms with Gasteiger partial charge in [-0.1, -0.05) is 6.07 Å². The molecule has 0 aliphatic rings. The topological polar surface area (TPSA) is 120 Å². The van der Waals surface area contributed by atoms with Crippen LogP contribution >= 0.6 is 0 Å². The molecule has 0 bridgehead atoms. The highest BCUT2D eigenvalue weighted by Crippen LogP contribution is 2.30. The molecule has 0 unspecified atom stereocenters. The summed E-state index contributed by atoms with van der Waals surface area (Å²) in [5.41, 5.74) is -1.47. The Balaban J connectivity index is 2.58. The van der Waals surface area contributed by atoms with Crippen LogP contribution in [-0.2, 0) is 6.18 Å². The van der Waals surface area contributed by atoms with E-state index in [-0.39, 0.29) is 18.8 Å². The van der Waals surface area contributed by atoms with Crippen molar-refractivity contribution in [1.29, 1.82) is 0 Å². The van der Waals surface area contributed by atoms with Crippen molar-refractivity contribution in [3.63, 3.8) is 0 Å². The number of aliphatic hydroxyl groups is 1. The van der Waals surface area contributed by atoms with E-state index in [2.05, 4.69) is 10.5 Å². The number of aromatic amines is 1. The van der Waals surface area contributed by atoms with Crippen LogP contribution in [0.4, 0.5) is 13.2 Å². The van der Waals surface area contributed by atoms with Crippen LogP contribution < -0.4 is 16.7 Å². The third kappa shape index (κ3) is 4.07. The number of aromatic hydroxyl groups is 1. The molecule has 1 heterocycles. The van der Waals surface area contributed by atoms with E-state index in [4.69, 9.17) is 5.11 Å². The Labute approximate surface area is 137 Å². The molecule has 0 fully saturated rings. The summed E-state index contributed by atoms with van der Waals surface area (Å²) >= 11 is 0. The molecule has 1 aromatic carbocycles. The maximum atomic E-state index is 12.8. The molecule has 134 valence electrons. The van der Waals surface area contributed by atoms with E-state index in [1.54, 1.807) is 0 Å². The Bertz CT molecular complexity index is 902. The molecule has 0 atom stereocenters. The van der Waals surface area contributed by atoms with Gasteiger partial charge in [0.15, 0.2) is 0 Å². The van der Waals surface area contributed by atoms with Crippen molar-refractivity contribution in [2.24, 2.45) is 5.10 Å². The number of nitrogens with zero attached hydrogens (tertiary/aromatic N) is 2. The van der Waals surface area contributed by atoms with Crippen LogP contribution in [0.1, 0.15) is 11.1 Å². The first-order valence-electron chi connectivity index (χ1n) is 6.88. The summed E-state index contributed by atoms with van der Waals surface area (Å²) in [5.74, 6) is -0.873. The summed E-state index contributed by atoms with van der Waals surface area (Å²) in [6.07, 6.45) is -3.76. The molecular weight excluding hydrogens is 345 g/mol. The van der Waals surface area contributed by atoms with Crippen molar-refractivity contribution in [3.05, 3.63) is 56.2 Å². The minimum absolute atomic E-state index is 0.0719. The number of alkyl halides is 3. The molecule has 0 radical (unpaired) electrons. The largest absolute Gasteiger partial charge is 0.493 e. The van der Waals surface area contributed by atoms with E-state index in [1.807, 2.05) is 4.98 Å². The van der Waals surface area contributed by atoms with Gasteiger partial charge in [-0.05, 0) is 18.2 Å². The summed E-state index contributed by atoms with van der Waals surface area (Å²) < 4.78 is 38.9. The lowest BCUT2D eigenvalue weighted by atomic mass is 10.2. The average molecular weight is 358 g/mol. The van der Waals surface area contributed by atoms with Crippen molar-refractivity contribution in [3.8, 4) is 11.6 Å². The van der Waals surface area contributed by atoms with E-state index in [9.17, 15) is 27.9 Å². The zero-order chi connectivity index (χ0) is 18.6. The molecule has 0 saturated heterocycles. The summed E-state index contributed by atoms with van der Waals surface area (Å²) in [5, 5.41) is 22.3. The van der Waals surface area contributed by atoms with E-state index in [0.29, 0.717) is 10.6 Å². The molecule has 1 aromatic heterocycles. The molecule has 0 aliphatic heterocycles. The number of halogens is 3. The normalized spacial score (nSPS) is 11.8. The van der Waals surface area contributed by atoms with Gasteiger partial charge in [0.2, 0.25) is 5.88 Å². The van der Waals surface area contributed by atoms with Crippen LogP contribution in [0.2, 0.25) is 0 Å². The molecule has 0 saturated carbocycles. The highest BCUT2D eigenvalue weighted by atomic mass is 19.4. The molecule has 11 heteroatoms. The predicted molar refractivity (Wildman–Crippen MR) is 82.0 cm³/mol. The minimum Gasteiger partial charge on any atom is -0.493 e. The molecule has 2 aromatic rings. The highest BCUT2D eigenvalue weighted by Gasteiger charge is 2.30. The van der Waals surface area contributed by atoms with E-state index < -0.39 is 34.4 Å². The fourth-order valence-electron chi connectivity index (χ4n) is 1.94. The summed E-state index contributed by atoms with van der Waals surface area (Å²) in [6, 6.07) is 3.69. The lowest BCUT2D eigenvalue weighted by Crippen LogP contribution is -2.31. The second-order valence-electron chi connectivity index (χ2n) is 4.77. The van der Waals surface area contributed by atoms with Gasteiger partial charge in [0.1, 0.15) is 5.56 Å². The molecule has 0 spiro atoms. The first kappa shape index (κ1) is 18.3. The van der Waals surface area contributed by atoms with Gasteiger partial charge in [0.05, 0.1) is 30.6 Å². The maximum Gasteiger partial charge on any atom is 0.416 e. The van der Waals surface area contributed by atoms with Crippen LogP contribution in [0.5, 0.6) is 5.88 Å². The van der Waals surface area contributed by atoms with Gasteiger partial charge in [-0.3, -0.25) is 9.78 Å². The fourth-order valence-corrected chi connectivity index (χ4v) is 1.94. The Morgan fingerprint density at radius 3 is 2.68 bits per heavy atom. The molecule has 0 amide bonds. The summed E-state index contributed by atoms with van der Waals surface area (Å²) in [7, 11) is 0. The number of aliphatic hydroxyl groups excluding tert-OH is 1. The van der Waals surface area contributed by atoms with Gasteiger partial charge in [-0.15, -0.1) is 0 Å². The van der Waals surface area contributed by atoms with Gasteiger partial charge >= 0.3 is 11.9 Å². The zero-order valence-electron chi connectivity index (χ0n) is 12.5. The van der Waals surface area contributed by atoms with Gasteiger partial charge in [-0.2, -0.15) is 18.3 Å². The van der Waals surface area contributed by atoms with Gasteiger partial charge < -0.3 is 15.6 Å². The van der Waals surface area contributed by atoms with Crippen LogP contribution in [0.3, 0.4) is 0 Å². The van der Waals surface area contributed by atoms with Crippen molar-refractivity contribution >= 4 is 6.21 Å². The lowest BCUT2D eigenvalue weighted by Gasteiger charge is -2.12. The van der Waals surface area contributed by atoms with Gasteiger partial charge in [0.25, 0.3) is 5.56 Å². The van der Waals surface area contributed by atoms with E-state index >= 15 is 0 Å². The SMILES string of the molecule is O=c1[nH]c(=O)n(-c2cccc(C(F)(F)F)c2)c(O)c1/C=N/NCCO. The van der Waals surface area contributed by atoms with Gasteiger partial charge in [-0.25, -0.2) is 9.36 Å². The van der Waals surface area contributed by atoms with E-state index in [1.165, 1.54) is 6.07 Å². The molecule has 25 heavy (non-hydrogen) atoms. The number of aromatic nitrogens is 2. The van der Waals surface area contributed by atoms with Crippen LogP contribution in [0.25, 0.3) is 5.69 Å². The standard InChI is InChI=1S/C14H13F3N4O4/c15-14(16,17)8-2-1-3-9(6-8)21-12(24)10(7-19-18-4-5-22)11(23)20-13(21)25/h1-3,6-7,18,22,24H,4-5H2,(H,20,23,25)/b19-7+. The molecule has 4 N–H and O–H groups in total. The third-order valence-electron chi connectivity index (χ3n) is 3.06. The van der Waals surface area contributed by atoms with Crippen LogP contribution in [-0.4, -0.2) is 39.1 Å². The first-order valence-corrected chi connectivity index (χ1v) is 6.88. The summed E-state index contributed by atoms with van der Waals surface area (Å²) in [4.78, 5) is 25.6. The van der Waals surface area contributed by atoms with Crippen LogP contribution in [0, 0.1) is 0 Å². The number of H-pyrrole nitrogens is 1. The van der Waals surface area contributed by atoms with E-state index in [0.717, 1.165) is 18.3 Å². The minimum atomic E-state index is -4.64. The summed E-state index contributed by atoms with van der Waals surface area (Å²) in [6.45, 7) is -0.161. The fraction of sp³-hybridized carbons (Fsp3) is 0.214. The Kier molecular flexibility index (Phi) is 5.27. The predicted octanol–water partition coefficient (Wildman–Crippen LogP) is 0.166. The smallest absolute Gasteiger partial charge is 0.416 e. The number of hydrazone groups is 1. The highest BCUT2D eigenvalue weighted by molar-refractivity contribution is 5.82. The Morgan fingerprint density at radius 2 is 2.04 bits per heavy atom. The third-order valence-corrected chi connectivity index (χ3v) is 3.06. The van der Waals surface area contributed by atoms with Crippen LogP contribution in [0.15, 0.2) is 39.0 Å². The second-order valence-corrected chi connectivity index (χ2v) is 4.77. The second kappa shape index (κ2) is 7.21. The number of nitrogens with one attached hydrogen (secondary N) is 2. The number of rotatable bonds is 5. The first-order chi connectivity index (χ1) is 11.8. The Hall–Kier alpha value is -3.08. The van der Waals surface area contributed by atoms with Crippen molar-refractivity contribution < 1.29 is 23.4 Å².